The van der Waals surface area contributed by atoms with Crippen molar-refractivity contribution in [3.63, 3.8) is 0 Å². The molecule has 0 fully saturated rings. The second-order valence-electron chi connectivity index (χ2n) is 5.21. The van der Waals surface area contributed by atoms with Gasteiger partial charge in [-0.05, 0) is 31.6 Å². The summed E-state index contributed by atoms with van der Waals surface area (Å²) in [6, 6.07) is -0.935. The van der Waals surface area contributed by atoms with E-state index in [2.05, 4.69) is 0 Å². The third kappa shape index (κ3) is 1.83. The highest BCUT2D eigenvalue weighted by Gasteiger charge is 2.33. The van der Waals surface area contributed by atoms with E-state index in [-0.39, 0.29) is 17.7 Å². The Labute approximate surface area is 106 Å². The SMILES string of the molecule is CC(C)C(C(=O)O)n1c(O)c2c(c1O)CCCC2. The van der Waals surface area contributed by atoms with E-state index in [0.717, 1.165) is 12.8 Å². The van der Waals surface area contributed by atoms with Gasteiger partial charge < -0.3 is 15.3 Å². The van der Waals surface area contributed by atoms with Gasteiger partial charge in [0, 0.05) is 11.1 Å². The third-order valence-electron chi connectivity index (χ3n) is 3.63. The van der Waals surface area contributed by atoms with Crippen LogP contribution in [0.15, 0.2) is 0 Å². The number of hydrogen-bond donors (Lipinski definition) is 3. The molecule has 1 aromatic heterocycles. The van der Waals surface area contributed by atoms with Crippen LogP contribution < -0.4 is 0 Å². The van der Waals surface area contributed by atoms with Gasteiger partial charge in [0.15, 0.2) is 11.8 Å². The average molecular weight is 253 g/mol. The number of carbonyl (C=O) groups is 1. The Hall–Kier alpha value is -1.65. The van der Waals surface area contributed by atoms with Crippen molar-refractivity contribution in [1.29, 1.82) is 0 Å². The van der Waals surface area contributed by atoms with Crippen LogP contribution in [0.4, 0.5) is 0 Å². The molecule has 0 bridgehead atoms. The molecule has 1 atom stereocenters. The number of carboxylic acids is 1. The lowest BCUT2D eigenvalue weighted by Gasteiger charge is -2.20. The summed E-state index contributed by atoms with van der Waals surface area (Å²) in [6.45, 7) is 3.52. The van der Waals surface area contributed by atoms with Crippen molar-refractivity contribution >= 4 is 5.97 Å². The zero-order chi connectivity index (χ0) is 13.4. The Kier molecular flexibility index (Phi) is 3.24. The predicted octanol–water partition coefficient (Wildman–Crippen LogP) is 2.06. The van der Waals surface area contributed by atoms with Crippen LogP contribution in [0, 0.1) is 5.92 Å². The van der Waals surface area contributed by atoms with E-state index in [1.807, 2.05) is 0 Å². The van der Waals surface area contributed by atoms with Crippen LogP contribution >= 0.6 is 0 Å². The molecule has 0 saturated carbocycles. The Morgan fingerprint density at radius 1 is 1.11 bits per heavy atom. The number of rotatable bonds is 3. The summed E-state index contributed by atoms with van der Waals surface area (Å²) in [5.41, 5.74) is 1.43. The fourth-order valence-corrected chi connectivity index (χ4v) is 2.75. The Balaban J connectivity index is 2.57. The summed E-state index contributed by atoms with van der Waals surface area (Å²) in [7, 11) is 0. The summed E-state index contributed by atoms with van der Waals surface area (Å²) in [6.07, 6.45) is 3.32. The van der Waals surface area contributed by atoms with Gasteiger partial charge in [-0.25, -0.2) is 4.79 Å². The lowest BCUT2D eigenvalue weighted by Crippen LogP contribution is -2.23. The minimum atomic E-state index is -1.04. The van der Waals surface area contributed by atoms with Gasteiger partial charge >= 0.3 is 5.97 Å². The normalized spacial score (nSPS) is 16.6. The van der Waals surface area contributed by atoms with Gasteiger partial charge in [0.25, 0.3) is 0 Å². The second-order valence-corrected chi connectivity index (χ2v) is 5.21. The highest BCUT2D eigenvalue weighted by atomic mass is 16.4. The molecule has 1 aliphatic rings. The maximum absolute atomic E-state index is 11.3. The molecule has 0 aromatic carbocycles. The van der Waals surface area contributed by atoms with Crippen LogP contribution in [0.1, 0.15) is 43.9 Å². The van der Waals surface area contributed by atoms with E-state index in [4.69, 9.17) is 0 Å². The zero-order valence-electron chi connectivity index (χ0n) is 10.7. The molecule has 0 radical (unpaired) electrons. The van der Waals surface area contributed by atoms with Crippen LogP contribution in [-0.4, -0.2) is 25.9 Å². The number of aliphatic carboxylic acids is 1. The molecule has 18 heavy (non-hydrogen) atoms. The monoisotopic (exact) mass is 253 g/mol. The summed E-state index contributed by atoms with van der Waals surface area (Å²) in [4.78, 5) is 11.3. The van der Waals surface area contributed by atoms with Crippen molar-refractivity contribution < 1.29 is 20.1 Å². The lowest BCUT2D eigenvalue weighted by molar-refractivity contribution is -0.142. The third-order valence-corrected chi connectivity index (χ3v) is 3.63. The van der Waals surface area contributed by atoms with Crippen LogP contribution in [0.2, 0.25) is 0 Å². The molecule has 0 aliphatic heterocycles. The number of carboxylic acid groups (broad SMARTS) is 1. The molecule has 0 saturated heterocycles. The average Bonchev–Trinajstić information content (AvgIpc) is 2.55. The summed E-state index contributed by atoms with van der Waals surface area (Å²) in [5, 5.41) is 29.6. The fourth-order valence-electron chi connectivity index (χ4n) is 2.75. The molecule has 3 N–H and O–H groups in total. The molecule has 5 heteroatoms. The maximum Gasteiger partial charge on any atom is 0.327 e. The Morgan fingerprint density at radius 3 is 1.89 bits per heavy atom. The first-order chi connectivity index (χ1) is 8.45. The molecule has 5 nitrogen and oxygen atoms in total. The molecular formula is C13H19NO4. The first-order valence-electron chi connectivity index (χ1n) is 6.31. The number of fused-ring (bicyclic) bond motifs is 1. The van der Waals surface area contributed by atoms with E-state index in [1.165, 1.54) is 4.57 Å². The van der Waals surface area contributed by atoms with E-state index in [1.54, 1.807) is 13.8 Å². The second kappa shape index (κ2) is 4.55. The molecular weight excluding hydrogens is 234 g/mol. The standard InChI is InChI=1S/C13H19NO4/c1-7(2)10(13(17)18)14-11(15)8-5-3-4-6-9(8)12(14)16/h7,10,15-16H,3-6H2,1-2H3,(H,17,18). The maximum atomic E-state index is 11.3. The summed E-state index contributed by atoms with van der Waals surface area (Å²) < 4.78 is 1.17. The van der Waals surface area contributed by atoms with Gasteiger partial charge in [-0.3, -0.25) is 4.57 Å². The van der Waals surface area contributed by atoms with Crippen LogP contribution in [0.25, 0.3) is 0 Å². The molecule has 1 aromatic rings. The zero-order valence-corrected chi connectivity index (χ0v) is 10.7. The lowest BCUT2D eigenvalue weighted by atomic mass is 9.95. The van der Waals surface area contributed by atoms with Crippen LogP contribution in [-0.2, 0) is 17.6 Å². The molecule has 1 unspecified atom stereocenters. The minimum Gasteiger partial charge on any atom is -0.494 e. The summed E-state index contributed by atoms with van der Waals surface area (Å²) in [5.74, 6) is -1.41. The number of aromatic nitrogens is 1. The van der Waals surface area contributed by atoms with E-state index in [9.17, 15) is 20.1 Å². The van der Waals surface area contributed by atoms with Crippen LogP contribution in [0.3, 0.4) is 0 Å². The topological polar surface area (TPSA) is 82.7 Å². The van der Waals surface area contributed by atoms with Crippen molar-refractivity contribution in [3.05, 3.63) is 11.1 Å². The largest absolute Gasteiger partial charge is 0.494 e. The van der Waals surface area contributed by atoms with Crippen LogP contribution in [0.5, 0.6) is 11.8 Å². The highest BCUT2D eigenvalue weighted by molar-refractivity contribution is 5.73. The summed E-state index contributed by atoms with van der Waals surface area (Å²) >= 11 is 0. The molecule has 1 aliphatic carbocycles. The van der Waals surface area contributed by atoms with Gasteiger partial charge in [0.2, 0.25) is 0 Å². The number of nitrogens with zero attached hydrogens (tertiary/aromatic N) is 1. The van der Waals surface area contributed by atoms with E-state index >= 15 is 0 Å². The Morgan fingerprint density at radius 2 is 1.56 bits per heavy atom. The van der Waals surface area contributed by atoms with Crippen molar-refractivity contribution in [1.82, 2.24) is 4.57 Å². The van der Waals surface area contributed by atoms with Gasteiger partial charge in [-0.2, -0.15) is 0 Å². The van der Waals surface area contributed by atoms with E-state index in [0.29, 0.717) is 24.0 Å². The minimum absolute atomic E-state index is 0.0803. The van der Waals surface area contributed by atoms with Gasteiger partial charge in [-0.1, -0.05) is 13.8 Å². The molecule has 0 amide bonds. The van der Waals surface area contributed by atoms with Gasteiger partial charge in [0.05, 0.1) is 0 Å². The molecule has 100 valence electrons. The smallest absolute Gasteiger partial charge is 0.327 e. The first kappa shape index (κ1) is 12.8. The molecule has 2 rings (SSSR count). The van der Waals surface area contributed by atoms with Crippen molar-refractivity contribution in [2.75, 3.05) is 0 Å². The van der Waals surface area contributed by atoms with Gasteiger partial charge in [-0.15, -0.1) is 0 Å². The van der Waals surface area contributed by atoms with Crippen molar-refractivity contribution in [2.45, 2.75) is 45.6 Å². The first-order valence-corrected chi connectivity index (χ1v) is 6.31. The van der Waals surface area contributed by atoms with E-state index < -0.39 is 12.0 Å². The highest BCUT2D eigenvalue weighted by Crippen LogP contribution is 2.42. The predicted molar refractivity (Wildman–Crippen MR) is 65.9 cm³/mol. The molecule has 1 heterocycles. The number of aromatic hydroxyl groups is 2. The number of hydrogen-bond acceptors (Lipinski definition) is 3. The Bertz CT molecular complexity index is 446. The fraction of sp³-hybridized carbons (Fsp3) is 0.615. The van der Waals surface area contributed by atoms with Crippen molar-refractivity contribution in [3.8, 4) is 11.8 Å². The quantitative estimate of drug-likeness (QED) is 0.770. The molecule has 0 spiro atoms. The van der Waals surface area contributed by atoms with Gasteiger partial charge in [0.1, 0.15) is 6.04 Å². The van der Waals surface area contributed by atoms with Crippen molar-refractivity contribution in [2.24, 2.45) is 5.92 Å².